The van der Waals surface area contributed by atoms with Crippen molar-refractivity contribution in [2.24, 2.45) is 0 Å². The van der Waals surface area contributed by atoms with Crippen LogP contribution in [0.1, 0.15) is 41.0 Å². The molecule has 0 aromatic heterocycles. The molecule has 1 saturated heterocycles. The van der Waals surface area contributed by atoms with E-state index >= 15 is 0 Å². The normalized spacial score (nSPS) is 25.7. The van der Waals surface area contributed by atoms with Crippen molar-refractivity contribution in [3.63, 3.8) is 0 Å². The molecule has 3 rings (SSSR count). The number of benzene rings is 1. The van der Waals surface area contributed by atoms with Crippen molar-refractivity contribution in [1.82, 2.24) is 4.90 Å². The Morgan fingerprint density at radius 2 is 1.72 bits per heavy atom. The van der Waals surface area contributed by atoms with Gasteiger partial charge in [-0.05, 0) is 32.4 Å². The van der Waals surface area contributed by atoms with Gasteiger partial charge in [0.15, 0.2) is 0 Å². The van der Waals surface area contributed by atoms with Crippen molar-refractivity contribution in [2.75, 3.05) is 6.61 Å². The molecule has 2 aliphatic heterocycles. The first-order chi connectivity index (χ1) is 8.49. The van der Waals surface area contributed by atoms with Crippen LogP contribution in [0.5, 0.6) is 0 Å². The highest BCUT2D eigenvalue weighted by Gasteiger charge is 2.44. The van der Waals surface area contributed by atoms with Crippen LogP contribution in [-0.4, -0.2) is 35.0 Å². The Morgan fingerprint density at radius 3 is 2.17 bits per heavy atom. The Morgan fingerprint density at radius 1 is 1.17 bits per heavy atom. The predicted octanol–water partition coefficient (Wildman–Crippen LogP) is 1.85. The smallest absolute Gasteiger partial charge is 0.261 e. The maximum Gasteiger partial charge on any atom is 0.261 e. The van der Waals surface area contributed by atoms with Gasteiger partial charge in [0.2, 0.25) is 0 Å². The summed E-state index contributed by atoms with van der Waals surface area (Å²) in [5.74, 6) is -0.385. The van der Waals surface area contributed by atoms with Gasteiger partial charge in [-0.2, -0.15) is 0 Å². The highest BCUT2D eigenvalue weighted by Crippen LogP contribution is 2.33. The Balaban J connectivity index is 1.93. The Bertz CT molecular complexity index is 501. The standard InChI is InChI=1S/C14H15NO3/c1-14(2)7-9(8-18-14)15-12(16)10-5-3-4-6-11(10)13(15)17/h3-6,9H,7-8H2,1-2H3/t9-/m1/s1. The zero-order valence-corrected chi connectivity index (χ0v) is 10.5. The van der Waals surface area contributed by atoms with Gasteiger partial charge < -0.3 is 4.74 Å². The highest BCUT2D eigenvalue weighted by atomic mass is 16.5. The fourth-order valence-corrected chi connectivity index (χ4v) is 2.71. The third-order valence-electron chi connectivity index (χ3n) is 3.58. The second-order valence-electron chi connectivity index (χ2n) is 5.45. The van der Waals surface area contributed by atoms with Crippen LogP contribution in [0.3, 0.4) is 0 Å². The molecule has 0 bridgehead atoms. The van der Waals surface area contributed by atoms with Crippen molar-refractivity contribution in [3.8, 4) is 0 Å². The quantitative estimate of drug-likeness (QED) is 0.709. The molecule has 0 N–H and O–H groups in total. The molecule has 4 nitrogen and oxygen atoms in total. The lowest BCUT2D eigenvalue weighted by atomic mass is 10.0. The largest absolute Gasteiger partial charge is 0.373 e. The molecule has 2 amide bonds. The molecule has 0 radical (unpaired) electrons. The summed E-state index contributed by atoms with van der Waals surface area (Å²) in [7, 11) is 0. The third-order valence-corrected chi connectivity index (χ3v) is 3.58. The molecule has 2 aliphatic rings. The van der Waals surface area contributed by atoms with Gasteiger partial charge >= 0.3 is 0 Å². The number of nitrogens with zero attached hydrogens (tertiary/aromatic N) is 1. The SMILES string of the molecule is CC1(C)C[C@@H](N2C(=O)c3ccccc3C2=O)CO1. The Kier molecular flexibility index (Phi) is 2.32. The average Bonchev–Trinajstić information content (AvgIpc) is 2.80. The summed E-state index contributed by atoms with van der Waals surface area (Å²) in [5, 5.41) is 0. The number of carbonyl (C=O) groups excluding carboxylic acids is 2. The van der Waals surface area contributed by atoms with E-state index in [1.807, 2.05) is 13.8 Å². The summed E-state index contributed by atoms with van der Waals surface area (Å²) in [6.45, 7) is 4.38. The fourth-order valence-electron chi connectivity index (χ4n) is 2.71. The van der Waals surface area contributed by atoms with Crippen LogP contribution in [0.25, 0.3) is 0 Å². The maximum absolute atomic E-state index is 12.3. The topological polar surface area (TPSA) is 46.6 Å². The van der Waals surface area contributed by atoms with E-state index in [4.69, 9.17) is 4.74 Å². The molecule has 2 heterocycles. The Hall–Kier alpha value is -1.68. The average molecular weight is 245 g/mol. The van der Waals surface area contributed by atoms with Crippen molar-refractivity contribution in [3.05, 3.63) is 35.4 Å². The van der Waals surface area contributed by atoms with Gasteiger partial charge in [-0.25, -0.2) is 0 Å². The molecule has 1 aromatic carbocycles. The summed E-state index contributed by atoms with van der Waals surface area (Å²) in [5.41, 5.74) is 0.749. The molecule has 94 valence electrons. The molecule has 0 saturated carbocycles. The van der Waals surface area contributed by atoms with Gasteiger partial charge in [0.25, 0.3) is 11.8 Å². The summed E-state index contributed by atoms with van der Waals surface area (Å²) in [4.78, 5) is 25.9. The number of hydrogen-bond acceptors (Lipinski definition) is 3. The van der Waals surface area contributed by atoms with Gasteiger partial charge in [-0.15, -0.1) is 0 Å². The molecule has 0 aliphatic carbocycles. The van der Waals surface area contributed by atoms with Gasteiger partial charge in [0.1, 0.15) is 0 Å². The zero-order valence-electron chi connectivity index (χ0n) is 10.5. The fraction of sp³-hybridized carbons (Fsp3) is 0.429. The molecule has 1 aromatic rings. The zero-order chi connectivity index (χ0) is 12.9. The van der Waals surface area contributed by atoms with E-state index in [0.717, 1.165) is 0 Å². The summed E-state index contributed by atoms with van der Waals surface area (Å²) >= 11 is 0. The molecule has 18 heavy (non-hydrogen) atoms. The number of rotatable bonds is 1. The van der Waals surface area contributed by atoms with E-state index < -0.39 is 0 Å². The van der Waals surface area contributed by atoms with Crippen LogP contribution in [0, 0.1) is 0 Å². The molecule has 0 spiro atoms. The van der Waals surface area contributed by atoms with Crippen LogP contribution < -0.4 is 0 Å². The van der Waals surface area contributed by atoms with Gasteiger partial charge in [0.05, 0.1) is 29.4 Å². The lowest BCUT2D eigenvalue weighted by molar-refractivity contribution is 0.0316. The first-order valence-corrected chi connectivity index (χ1v) is 6.10. The number of carbonyl (C=O) groups is 2. The minimum Gasteiger partial charge on any atom is -0.373 e. The van der Waals surface area contributed by atoms with Crippen molar-refractivity contribution >= 4 is 11.8 Å². The molecule has 0 unspecified atom stereocenters. The van der Waals surface area contributed by atoms with Crippen LogP contribution in [-0.2, 0) is 4.74 Å². The lowest BCUT2D eigenvalue weighted by Crippen LogP contribution is -2.40. The minimum absolute atomic E-state index is 0.146. The van der Waals surface area contributed by atoms with Crippen molar-refractivity contribution in [2.45, 2.75) is 31.9 Å². The third kappa shape index (κ3) is 1.56. The van der Waals surface area contributed by atoms with E-state index in [2.05, 4.69) is 0 Å². The van der Waals surface area contributed by atoms with E-state index in [9.17, 15) is 9.59 Å². The van der Waals surface area contributed by atoms with E-state index in [1.54, 1.807) is 24.3 Å². The van der Waals surface area contributed by atoms with E-state index in [1.165, 1.54) is 4.90 Å². The van der Waals surface area contributed by atoms with Crippen LogP contribution in [0.15, 0.2) is 24.3 Å². The molecule has 4 heteroatoms. The summed E-state index contributed by atoms with van der Waals surface area (Å²) < 4.78 is 5.61. The van der Waals surface area contributed by atoms with E-state index in [0.29, 0.717) is 24.2 Å². The molecule has 1 atom stereocenters. The van der Waals surface area contributed by atoms with Crippen LogP contribution in [0.4, 0.5) is 0 Å². The van der Waals surface area contributed by atoms with Gasteiger partial charge in [-0.3, -0.25) is 14.5 Å². The van der Waals surface area contributed by atoms with Gasteiger partial charge in [-0.1, -0.05) is 12.1 Å². The first-order valence-electron chi connectivity index (χ1n) is 6.10. The second-order valence-corrected chi connectivity index (χ2v) is 5.45. The highest BCUT2D eigenvalue weighted by molar-refractivity contribution is 6.21. The maximum atomic E-state index is 12.3. The first kappa shape index (κ1) is 11.4. The minimum atomic E-state index is -0.264. The lowest BCUT2D eigenvalue weighted by Gasteiger charge is -2.21. The monoisotopic (exact) mass is 245 g/mol. The Labute approximate surface area is 106 Å². The van der Waals surface area contributed by atoms with Crippen molar-refractivity contribution in [1.29, 1.82) is 0 Å². The number of fused-ring (bicyclic) bond motifs is 1. The molecular weight excluding hydrogens is 230 g/mol. The van der Waals surface area contributed by atoms with E-state index in [-0.39, 0.29) is 23.5 Å². The summed E-state index contributed by atoms with van der Waals surface area (Å²) in [6, 6.07) is 6.82. The van der Waals surface area contributed by atoms with Crippen LogP contribution in [0.2, 0.25) is 0 Å². The molecular formula is C14H15NO3. The summed E-state index contributed by atoms with van der Waals surface area (Å²) in [6.07, 6.45) is 0.693. The predicted molar refractivity (Wildman–Crippen MR) is 65.4 cm³/mol. The number of imide groups is 1. The number of ether oxygens (including phenoxy) is 1. The van der Waals surface area contributed by atoms with Crippen LogP contribution >= 0.6 is 0 Å². The second kappa shape index (κ2) is 3.65. The number of amides is 2. The number of hydrogen-bond donors (Lipinski definition) is 0. The molecule has 1 fully saturated rings. The van der Waals surface area contributed by atoms with Gasteiger partial charge in [0, 0.05) is 0 Å². The van der Waals surface area contributed by atoms with Crippen molar-refractivity contribution < 1.29 is 14.3 Å².